The zero-order valence-corrected chi connectivity index (χ0v) is 11.4. The molecule has 1 unspecified atom stereocenters. The summed E-state index contributed by atoms with van der Waals surface area (Å²) < 4.78 is 0. The van der Waals surface area contributed by atoms with Crippen molar-refractivity contribution in [3.63, 3.8) is 0 Å². The Labute approximate surface area is 106 Å². The highest BCUT2D eigenvalue weighted by atomic mass is 15.1. The molecule has 0 radical (unpaired) electrons. The molecular weight excluding hydrogens is 208 g/mol. The van der Waals surface area contributed by atoms with Crippen LogP contribution in [0.4, 0.5) is 0 Å². The Morgan fingerprint density at radius 2 is 1.94 bits per heavy atom. The lowest BCUT2D eigenvalue weighted by molar-refractivity contribution is 0.315. The molecule has 0 bridgehead atoms. The number of rotatable bonds is 4. The number of hydrogen-bond donors (Lipinski definition) is 1. The Kier molecular flexibility index (Phi) is 6.90. The maximum absolute atomic E-state index is 3.27. The molecule has 1 aliphatic rings. The highest BCUT2D eigenvalue weighted by Crippen LogP contribution is 2.17. The summed E-state index contributed by atoms with van der Waals surface area (Å²) in [6, 6.07) is 10.8. The molecule has 1 heterocycles. The van der Waals surface area contributed by atoms with Gasteiger partial charge in [0.05, 0.1) is 0 Å². The lowest BCUT2D eigenvalue weighted by Crippen LogP contribution is -2.24. The molecule has 0 spiro atoms. The van der Waals surface area contributed by atoms with E-state index in [-0.39, 0.29) is 0 Å². The maximum atomic E-state index is 3.27. The summed E-state index contributed by atoms with van der Waals surface area (Å²) in [4.78, 5) is 2.55. The molecule has 1 fully saturated rings. The van der Waals surface area contributed by atoms with Crippen molar-refractivity contribution in [3.05, 3.63) is 35.9 Å². The minimum atomic E-state index is 0.846. The third-order valence-corrected chi connectivity index (χ3v) is 3.11. The summed E-state index contributed by atoms with van der Waals surface area (Å²) >= 11 is 0. The first-order valence-corrected chi connectivity index (χ1v) is 6.79. The average molecular weight is 234 g/mol. The Balaban J connectivity index is 0.000000686. The van der Waals surface area contributed by atoms with E-state index in [1.807, 2.05) is 20.9 Å². The Bertz CT molecular complexity index is 284. The van der Waals surface area contributed by atoms with E-state index in [1.54, 1.807) is 0 Å². The lowest BCUT2D eigenvalue weighted by Gasteiger charge is -2.15. The van der Waals surface area contributed by atoms with Crippen molar-refractivity contribution in [2.45, 2.75) is 26.8 Å². The third kappa shape index (κ3) is 4.88. The second kappa shape index (κ2) is 8.26. The van der Waals surface area contributed by atoms with E-state index in [0.29, 0.717) is 0 Å². The van der Waals surface area contributed by atoms with Crippen molar-refractivity contribution >= 4 is 0 Å². The molecule has 17 heavy (non-hydrogen) atoms. The molecule has 0 amide bonds. The fraction of sp³-hybridized carbons (Fsp3) is 0.600. The van der Waals surface area contributed by atoms with Crippen LogP contribution in [0.2, 0.25) is 0 Å². The topological polar surface area (TPSA) is 15.3 Å². The van der Waals surface area contributed by atoms with Crippen molar-refractivity contribution in [3.8, 4) is 0 Å². The van der Waals surface area contributed by atoms with Gasteiger partial charge in [0.2, 0.25) is 0 Å². The number of nitrogens with one attached hydrogen (secondary N) is 1. The monoisotopic (exact) mass is 234 g/mol. The van der Waals surface area contributed by atoms with E-state index < -0.39 is 0 Å². The van der Waals surface area contributed by atoms with Crippen LogP contribution >= 0.6 is 0 Å². The van der Waals surface area contributed by atoms with Crippen LogP contribution in [-0.2, 0) is 6.54 Å². The van der Waals surface area contributed by atoms with Gasteiger partial charge in [0.15, 0.2) is 0 Å². The van der Waals surface area contributed by atoms with E-state index in [1.165, 1.54) is 25.1 Å². The number of hydrogen-bond acceptors (Lipinski definition) is 2. The molecule has 1 saturated heterocycles. The van der Waals surface area contributed by atoms with Crippen LogP contribution in [0.15, 0.2) is 30.3 Å². The zero-order valence-electron chi connectivity index (χ0n) is 11.4. The Morgan fingerprint density at radius 3 is 2.59 bits per heavy atom. The maximum Gasteiger partial charge on any atom is 0.0233 e. The minimum absolute atomic E-state index is 0.846. The summed E-state index contributed by atoms with van der Waals surface area (Å²) in [5.41, 5.74) is 1.43. The van der Waals surface area contributed by atoms with Crippen LogP contribution in [0.3, 0.4) is 0 Å². The molecule has 0 saturated carbocycles. The van der Waals surface area contributed by atoms with Crippen molar-refractivity contribution in [2.24, 2.45) is 5.92 Å². The number of likely N-dealkylation sites (tertiary alicyclic amines) is 1. The van der Waals surface area contributed by atoms with Gasteiger partial charge in [-0.2, -0.15) is 0 Å². The second-order valence-electron chi connectivity index (χ2n) is 4.43. The van der Waals surface area contributed by atoms with Crippen LogP contribution in [0.1, 0.15) is 25.8 Å². The van der Waals surface area contributed by atoms with Gasteiger partial charge in [-0.1, -0.05) is 44.2 Å². The van der Waals surface area contributed by atoms with Crippen molar-refractivity contribution in [2.75, 3.05) is 26.7 Å². The van der Waals surface area contributed by atoms with Crippen LogP contribution in [0, 0.1) is 5.92 Å². The largest absolute Gasteiger partial charge is 0.319 e. The smallest absolute Gasteiger partial charge is 0.0233 e. The van der Waals surface area contributed by atoms with Gasteiger partial charge in [0.1, 0.15) is 0 Å². The van der Waals surface area contributed by atoms with Gasteiger partial charge in [-0.05, 0) is 38.0 Å². The molecular formula is C15H26N2. The molecule has 0 aliphatic carbocycles. The lowest BCUT2D eigenvalue weighted by atomic mass is 10.1. The zero-order chi connectivity index (χ0) is 12.5. The first-order valence-electron chi connectivity index (χ1n) is 6.79. The quantitative estimate of drug-likeness (QED) is 0.862. The first kappa shape index (κ1) is 14.2. The Hall–Kier alpha value is -0.860. The molecule has 96 valence electrons. The molecule has 2 rings (SSSR count). The molecule has 2 nitrogen and oxygen atoms in total. The van der Waals surface area contributed by atoms with Gasteiger partial charge in [-0.3, -0.25) is 4.90 Å². The second-order valence-corrected chi connectivity index (χ2v) is 4.43. The molecule has 1 N–H and O–H groups in total. The van der Waals surface area contributed by atoms with Crippen molar-refractivity contribution < 1.29 is 0 Å². The molecule has 1 aliphatic heterocycles. The predicted molar refractivity (Wildman–Crippen MR) is 75.1 cm³/mol. The molecule has 1 aromatic carbocycles. The van der Waals surface area contributed by atoms with Gasteiger partial charge >= 0.3 is 0 Å². The van der Waals surface area contributed by atoms with Gasteiger partial charge in [-0.15, -0.1) is 0 Å². The van der Waals surface area contributed by atoms with E-state index in [0.717, 1.165) is 19.0 Å². The van der Waals surface area contributed by atoms with Crippen LogP contribution in [-0.4, -0.2) is 31.6 Å². The van der Waals surface area contributed by atoms with Crippen LogP contribution < -0.4 is 5.32 Å². The minimum Gasteiger partial charge on any atom is -0.319 e. The van der Waals surface area contributed by atoms with Crippen molar-refractivity contribution in [1.29, 1.82) is 0 Å². The highest BCUT2D eigenvalue weighted by Gasteiger charge is 2.21. The normalized spacial score (nSPS) is 19.8. The molecule has 1 atom stereocenters. The van der Waals surface area contributed by atoms with Gasteiger partial charge in [0.25, 0.3) is 0 Å². The van der Waals surface area contributed by atoms with Crippen LogP contribution in [0.25, 0.3) is 0 Å². The standard InChI is InChI=1S/C13H20N2.C2H6/c1-14-9-13-7-8-15(11-13)10-12-5-3-2-4-6-12;1-2/h2-6,13-14H,7-11H2,1H3;1-2H3. The summed E-state index contributed by atoms with van der Waals surface area (Å²) in [6.07, 6.45) is 1.34. The van der Waals surface area contributed by atoms with E-state index in [4.69, 9.17) is 0 Å². The summed E-state index contributed by atoms with van der Waals surface area (Å²) in [5.74, 6) is 0.846. The summed E-state index contributed by atoms with van der Waals surface area (Å²) in [5, 5.41) is 3.27. The van der Waals surface area contributed by atoms with Crippen molar-refractivity contribution in [1.82, 2.24) is 10.2 Å². The Morgan fingerprint density at radius 1 is 1.24 bits per heavy atom. The average Bonchev–Trinajstić information content (AvgIpc) is 2.81. The van der Waals surface area contributed by atoms with E-state index in [2.05, 4.69) is 40.5 Å². The highest BCUT2D eigenvalue weighted by molar-refractivity contribution is 5.14. The summed E-state index contributed by atoms with van der Waals surface area (Å²) in [7, 11) is 2.04. The van der Waals surface area contributed by atoms with Gasteiger partial charge in [0, 0.05) is 13.1 Å². The number of benzene rings is 1. The SMILES string of the molecule is CC.CNCC1CCN(Cc2ccccc2)C1. The molecule has 1 aromatic rings. The summed E-state index contributed by atoms with van der Waals surface area (Å²) in [6.45, 7) is 8.77. The third-order valence-electron chi connectivity index (χ3n) is 3.11. The molecule has 0 aromatic heterocycles. The van der Waals surface area contributed by atoms with Crippen LogP contribution in [0.5, 0.6) is 0 Å². The first-order chi connectivity index (χ1) is 8.38. The fourth-order valence-electron chi connectivity index (χ4n) is 2.35. The fourth-order valence-corrected chi connectivity index (χ4v) is 2.35. The predicted octanol–water partition coefficient (Wildman–Crippen LogP) is 2.75. The number of nitrogens with zero attached hydrogens (tertiary/aromatic N) is 1. The van der Waals surface area contributed by atoms with Gasteiger partial charge in [-0.25, -0.2) is 0 Å². The van der Waals surface area contributed by atoms with Gasteiger partial charge < -0.3 is 5.32 Å². The molecule has 2 heteroatoms. The van der Waals surface area contributed by atoms with E-state index in [9.17, 15) is 0 Å². The van der Waals surface area contributed by atoms with E-state index >= 15 is 0 Å².